The summed E-state index contributed by atoms with van der Waals surface area (Å²) >= 11 is 13.0. The monoisotopic (exact) mass is 634 g/mol. The molecule has 0 fully saturated rings. The van der Waals surface area contributed by atoms with Crippen LogP contribution in [0.5, 0.6) is 5.75 Å². The van der Waals surface area contributed by atoms with Crippen molar-refractivity contribution in [1.82, 2.24) is 0 Å². The molecule has 0 N–H and O–H groups in total. The second kappa shape index (κ2) is 16.0. The Kier molecular flexibility index (Phi) is 14.6. The first-order chi connectivity index (χ1) is 16.2. The van der Waals surface area contributed by atoms with Gasteiger partial charge in [-0.05, 0) is 36.8 Å². The topological polar surface area (TPSA) is 29.5 Å². The summed E-state index contributed by atoms with van der Waals surface area (Å²) in [5, 5.41) is 1.10. The van der Waals surface area contributed by atoms with E-state index in [1.807, 2.05) is 41.3 Å². The number of amides is 1. The molecular formula is C28H41Cl2IN2O2. The Hall–Kier alpha value is -1.02. The number of benzene rings is 2. The van der Waals surface area contributed by atoms with Gasteiger partial charge >= 0.3 is 0 Å². The highest BCUT2D eigenvalue weighted by Gasteiger charge is 2.22. The molecule has 35 heavy (non-hydrogen) atoms. The van der Waals surface area contributed by atoms with Gasteiger partial charge in [0, 0.05) is 23.2 Å². The highest BCUT2D eigenvalue weighted by atomic mass is 127. The molecule has 0 heterocycles. The first-order valence-electron chi connectivity index (χ1n) is 12.4. The van der Waals surface area contributed by atoms with Crippen LogP contribution < -0.4 is 33.6 Å². The first kappa shape index (κ1) is 32.0. The van der Waals surface area contributed by atoms with Gasteiger partial charge in [-0.3, -0.25) is 4.79 Å². The van der Waals surface area contributed by atoms with Gasteiger partial charge in [-0.15, -0.1) is 0 Å². The van der Waals surface area contributed by atoms with Crippen molar-refractivity contribution >= 4 is 34.8 Å². The molecule has 0 aliphatic carbocycles. The number of nitrogens with zero attached hydrogens (tertiary/aromatic N) is 2. The Morgan fingerprint density at radius 1 is 0.943 bits per heavy atom. The lowest BCUT2D eigenvalue weighted by Crippen LogP contribution is -3.00. The van der Waals surface area contributed by atoms with E-state index in [2.05, 4.69) is 28.1 Å². The van der Waals surface area contributed by atoms with Crippen molar-refractivity contribution in [3.05, 3.63) is 46.4 Å². The summed E-state index contributed by atoms with van der Waals surface area (Å²) in [5.41, 5.74) is 2.35. The summed E-state index contributed by atoms with van der Waals surface area (Å²) in [7, 11) is 8.05. The zero-order valence-electron chi connectivity index (χ0n) is 21.9. The van der Waals surface area contributed by atoms with Gasteiger partial charge in [0.25, 0.3) is 0 Å². The van der Waals surface area contributed by atoms with Crippen molar-refractivity contribution < 1.29 is 38.0 Å². The fraction of sp³-hybridized carbons (Fsp3) is 0.536. The van der Waals surface area contributed by atoms with Crippen molar-refractivity contribution in [2.75, 3.05) is 46.2 Å². The highest BCUT2D eigenvalue weighted by Crippen LogP contribution is 2.41. The average Bonchev–Trinajstić information content (AvgIpc) is 2.78. The molecule has 0 aliphatic heterocycles. The van der Waals surface area contributed by atoms with Crippen LogP contribution in [0.3, 0.4) is 0 Å². The predicted molar refractivity (Wildman–Crippen MR) is 146 cm³/mol. The number of hydrogen-bond donors (Lipinski definition) is 0. The maximum atomic E-state index is 13.4. The van der Waals surface area contributed by atoms with E-state index in [4.69, 9.17) is 27.9 Å². The minimum atomic E-state index is 0. The van der Waals surface area contributed by atoms with Crippen LogP contribution in [0.4, 0.5) is 5.69 Å². The lowest BCUT2D eigenvalue weighted by molar-refractivity contribution is -0.868. The van der Waals surface area contributed by atoms with Crippen LogP contribution >= 0.6 is 23.2 Å². The van der Waals surface area contributed by atoms with Crippen molar-refractivity contribution in [3.8, 4) is 16.9 Å². The number of unbranched alkanes of at least 4 members (excludes halogenated alkanes) is 6. The van der Waals surface area contributed by atoms with Gasteiger partial charge in [-0.1, -0.05) is 74.7 Å². The molecule has 0 saturated heterocycles. The van der Waals surface area contributed by atoms with E-state index >= 15 is 0 Å². The van der Waals surface area contributed by atoms with Gasteiger partial charge in [0.15, 0.2) is 0 Å². The third-order valence-corrected chi connectivity index (χ3v) is 6.65. The van der Waals surface area contributed by atoms with Crippen LogP contribution in [-0.2, 0) is 4.79 Å². The molecule has 2 aromatic rings. The number of quaternary nitrogens is 1. The van der Waals surface area contributed by atoms with Crippen molar-refractivity contribution in [3.63, 3.8) is 0 Å². The molecular weight excluding hydrogens is 594 g/mol. The Morgan fingerprint density at radius 2 is 1.54 bits per heavy atom. The summed E-state index contributed by atoms with van der Waals surface area (Å²) in [5.74, 6) is 0.827. The number of anilines is 1. The molecule has 7 heteroatoms. The minimum absolute atomic E-state index is 0. The molecule has 2 rings (SSSR count). The summed E-state index contributed by atoms with van der Waals surface area (Å²) in [6, 6.07) is 11.3. The molecule has 1 amide bonds. The minimum Gasteiger partial charge on any atom is -1.00 e. The molecule has 0 spiro atoms. The third-order valence-electron chi connectivity index (χ3n) is 6.02. The Labute approximate surface area is 239 Å². The van der Waals surface area contributed by atoms with E-state index in [1.165, 1.54) is 32.1 Å². The van der Waals surface area contributed by atoms with Gasteiger partial charge in [0.2, 0.25) is 5.91 Å². The second-order valence-corrected chi connectivity index (χ2v) is 10.7. The summed E-state index contributed by atoms with van der Waals surface area (Å²) in [6.07, 6.45) is 8.87. The number of halogens is 3. The smallest absolute Gasteiger partial charge is 0.227 e. The van der Waals surface area contributed by atoms with Crippen LogP contribution in [0.25, 0.3) is 11.1 Å². The zero-order chi connectivity index (χ0) is 25.1. The Balaban J connectivity index is 0.00000612. The van der Waals surface area contributed by atoms with E-state index in [-0.39, 0.29) is 29.9 Å². The van der Waals surface area contributed by atoms with E-state index in [9.17, 15) is 4.79 Å². The predicted octanol–water partition coefficient (Wildman–Crippen LogP) is 4.85. The first-order valence-corrected chi connectivity index (χ1v) is 13.2. The molecule has 0 aliphatic rings. The number of carbonyl (C=O) groups is 1. The van der Waals surface area contributed by atoms with E-state index in [0.29, 0.717) is 28.8 Å². The molecule has 0 radical (unpaired) electrons. The molecule has 0 atom stereocenters. The third kappa shape index (κ3) is 10.5. The fourth-order valence-corrected chi connectivity index (χ4v) is 4.58. The Morgan fingerprint density at radius 3 is 2.11 bits per heavy atom. The number of ether oxygens (including phenoxy) is 1. The summed E-state index contributed by atoms with van der Waals surface area (Å²) in [4.78, 5) is 15.3. The van der Waals surface area contributed by atoms with Crippen LogP contribution in [0.2, 0.25) is 10.0 Å². The summed E-state index contributed by atoms with van der Waals surface area (Å²) < 4.78 is 6.39. The van der Waals surface area contributed by atoms with E-state index in [0.717, 1.165) is 40.7 Å². The number of likely N-dealkylation sites (N-methyl/N-ethyl adjacent to an activating group) is 1. The number of carbonyl (C=O) groups excluding carboxylic acids is 1. The lowest BCUT2D eigenvalue weighted by atomic mass is 10.0. The SMILES string of the molecule is CCCCCCCCCC(=O)N(CC[N+](C)(C)C)c1ccc(OC)c(-c2c(Cl)cccc2Cl)c1.[I-]. The zero-order valence-corrected chi connectivity index (χ0v) is 25.5. The van der Waals surface area contributed by atoms with Crippen LogP contribution in [0.1, 0.15) is 58.3 Å². The van der Waals surface area contributed by atoms with E-state index < -0.39 is 0 Å². The van der Waals surface area contributed by atoms with E-state index in [1.54, 1.807) is 7.11 Å². The fourth-order valence-electron chi connectivity index (χ4n) is 3.98. The Bertz CT molecular complexity index is 911. The van der Waals surface area contributed by atoms with Crippen molar-refractivity contribution in [2.24, 2.45) is 0 Å². The quantitative estimate of drug-likeness (QED) is 0.169. The molecule has 0 aromatic heterocycles. The molecule has 4 nitrogen and oxygen atoms in total. The van der Waals surface area contributed by atoms with Crippen molar-refractivity contribution in [1.29, 1.82) is 0 Å². The van der Waals surface area contributed by atoms with Gasteiger partial charge in [0.05, 0.1) is 51.4 Å². The molecule has 0 bridgehead atoms. The normalized spacial score (nSPS) is 11.2. The number of methoxy groups -OCH3 is 1. The number of rotatable bonds is 14. The average molecular weight is 635 g/mol. The standard InChI is InChI=1S/C28H41Cl2N2O2.HI/c1-6-7-8-9-10-11-12-16-27(33)31(19-20-32(2,3)4)22-17-18-26(34-5)23(21-22)28-24(29)14-13-15-25(28)30;/h13-15,17-18,21H,6-12,16,19-20H2,1-5H3;1H/q+1;/p-1. The molecule has 196 valence electrons. The van der Waals surface area contributed by atoms with Gasteiger partial charge in [0.1, 0.15) is 5.75 Å². The second-order valence-electron chi connectivity index (χ2n) is 9.91. The van der Waals surface area contributed by atoms with Crippen LogP contribution in [0.15, 0.2) is 36.4 Å². The van der Waals surface area contributed by atoms with Gasteiger partial charge in [-0.25, -0.2) is 0 Å². The molecule has 0 saturated carbocycles. The molecule has 0 unspecified atom stereocenters. The van der Waals surface area contributed by atoms with Crippen molar-refractivity contribution in [2.45, 2.75) is 58.3 Å². The maximum Gasteiger partial charge on any atom is 0.227 e. The maximum absolute atomic E-state index is 13.4. The van der Waals surface area contributed by atoms with Gasteiger partial charge in [-0.2, -0.15) is 0 Å². The number of hydrogen-bond acceptors (Lipinski definition) is 2. The van der Waals surface area contributed by atoms with Gasteiger partial charge < -0.3 is 38.1 Å². The van der Waals surface area contributed by atoms with Crippen LogP contribution in [0, 0.1) is 0 Å². The molecule has 2 aromatic carbocycles. The largest absolute Gasteiger partial charge is 1.00 e. The van der Waals surface area contributed by atoms with Crippen LogP contribution in [-0.4, -0.2) is 51.7 Å². The summed E-state index contributed by atoms with van der Waals surface area (Å²) in [6.45, 7) is 3.71. The highest BCUT2D eigenvalue weighted by molar-refractivity contribution is 6.39. The lowest BCUT2D eigenvalue weighted by Gasteiger charge is -2.30.